The van der Waals surface area contributed by atoms with Crippen LogP contribution in [0, 0.1) is 0 Å². The lowest BCUT2D eigenvalue weighted by atomic mass is 10.0. The average Bonchev–Trinajstić information content (AvgIpc) is 3.99. The van der Waals surface area contributed by atoms with Crippen LogP contribution in [0.25, 0.3) is 90.9 Å². The molecule has 9 rings (SSSR count). The van der Waals surface area contributed by atoms with Crippen LogP contribution in [0.2, 0.25) is 0 Å². The number of thiocarbonyl (C=S) groups is 1. The van der Waals surface area contributed by atoms with E-state index in [1.807, 2.05) is 66.8 Å². The number of aliphatic imine (C=N–C) groups is 1. The van der Waals surface area contributed by atoms with E-state index in [1.165, 1.54) is 30.3 Å². The zero-order valence-electron chi connectivity index (χ0n) is 29.6. The highest BCUT2D eigenvalue weighted by Crippen LogP contribution is 2.41. The molecule has 3 aromatic heterocycles. The first kappa shape index (κ1) is 34.8. The molecule has 2 aliphatic heterocycles. The van der Waals surface area contributed by atoms with E-state index in [0.717, 1.165) is 11.1 Å². The monoisotopic (exact) mass is 767 g/mol. The van der Waals surface area contributed by atoms with Crippen molar-refractivity contribution in [1.29, 1.82) is 0 Å². The number of phenolic OH excluding ortho intramolecular Hbond substituents is 6. The molecule has 5 heterocycles. The fourth-order valence-electron chi connectivity index (χ4n) is 7.39. The lowest BCUT2D eigenvalue weighted by Crippen LogP contribution is -1.90. The van der Waals surface area contributed by atoms with Crippen molar-refractivity contribution in [2.75, 3.05) is 0 Å². The number of rotatable bonds is 5. The molecule has 0 radical (unpaired) electrons. The van der Waals surface area contributed by atoms with Crippen LogP contribution in [0.5, 0.6) is 34.5 Å². The molecule has 0 spiro atoms. The van der Waals surface area contributed by atoms with Crippen molar-refractivity contribution in [1.82, 2.24) is 19.9 Å². The number of aromatic nitrogens is 4. The highest BCUT2D eigenvalue weighted by atomic mass is 32.1. The summed E-state index contributed by atoms with van der Waals surface area (Å²) in [6.45, 7) is 0. The molecule has 0 saturated carbocycles. The van der Waals surface area contributed by atoms with Crippen LogP contribution in [-0.2, 0) is 0 Å². The van der Waals surface area contributed by atoms with Gasteiger partial charge in [-0.15, -0.1) is 0 Å². The molecule has 7 aromatic rings. The molecule has 2 aliphatic rings. The van der Waals surface area contributed by atoms with E-state index < -0.39 is 0 Å². The Morgan fingerprint density at radius 3 is 1.00 bits per heavy atom. The second kappa shape index (κ2) is 13.7. The lowest BCUT2D eigenvalue weighted by Gasteiger charge is -2.08. The van der Waals surface area contributed by atoms with E-state index in [4.69, 9.17) is 22.2 Å². The van der Waals surface area contributed by atoms with Crippen molar-refractivity contribution in [3.05, 3.63) is 126 Å². The molecule has 0 atom stereocenters. The molecular formula is C45H29N5O6S. The molecule has 12 heteroatoms. The summed E-state index contributed by atoms with van der Waals surface area (Å²) >= 11 is 4.83. The number of phenols is 6. The molecule has 8 N–H and O–H groups in total. The van der Waals surface area contributed by atoms with Gasteiger partial charge in [0.25, 0.3) is 0 Å². The molecule has 276 valence electrons. The predicted molar refractivity (Wildman–Crippen MR) is 225 cm³/mol. The van der Waals surface area contributed by atoms with Crippen LogP contribution < -0.4 is 0 Å². The van der Waals surface area contributed by atoms with Crippen LogP contribution in [0.15, 0.2) is 108 Å². The summed E-state index contributed by atoms with van der Waals surface area (Å²) in [7, 11) is 0. The Morgan fingerprint density at radius 1 is 0.404 bits per heavy atom. The van der Waals surface area contributed by atoms with Crippen molar-refractivity contribution >= 4 is 69.4 Å². The third-order valence-electron chi connectivity index (χ3n) is 9.66. The highest BCUT2D eigenvalue weighted by Gasteiger charge is 2.20. The fourth-order valence-corrected chi connectivity index (χ4v) is 7.50. The summed E-state index contributed by atoms with van der Waals surface area (Å²) in [5, 5.41) is 66.1. The van der Waals surface area contributed by atoms with Gasteiger partial charge in [0.1, 0.15) is 34.5 Å². The van der Waals surface area contributed by atoms with Crippen LogP contribution in [-0.4, -0.2) is 55.7 Å². The maximum Gasteiger partial charge on any atom is 0.119 e. The minimum Gasteiger partial charge on any atom is -0.508 e. The third-order valence-corrected chi connectivity index (χ3v) is 9.75. The number of nitrogens with zero attached hydrogens (tertiary/aromatic N) is 3. The summed E-state index contributed by atoms with van der Waals surface area (Å²) in [5.41, 5.74) is 9.76. The van der Waals surface area contributed by atoms with Gasteiger partial charge in [0.2, 0.25) is 0 Å². The Bertz CT molecular complexity index is 2990. The van der Waals surface area contributed by atoms with Gasteiger partial charge in [0, 0.05) is 62.5 Å². The number of H-pyrrole nitrogens is 2. The molecule has 0 saturated heterocycles. The number of aromatic amines is 2. The number of nitrogens with one attached hydrogen (secondary N) is 2. The third kappa shape index (κ3) is 6.53. The van der Waals surface area contributed by atoms with Gasteiger partial charge in [0.05, 0.1) is 33.6 Å². The summed E-state index contributed by atoms with van der Waals surface area (Å²) < 4.78 is 0. The topological polar surface area (TPSA) is 191 Å². The fraction of sp³-hybridized carbons (Fsp3) is 0. The number of hydrogen-bond acceptors (Lipinski definition) is 10. The van der Waals surface area contributed by atoms with Crippen LogP contribution in [0.1, 0.15) is 22.8 Å². The molecule has 0 fully saturated rings. The average molecular weight is 768 g/mol. The highest BCUT2D eigenvalue weighted by molar-refractivity contribution is 7.78. The van der Waals surface area contributed by atoms with E-state index in [1.54, 1.807) is 30.3 Å². The molecule has 0 amide bonds. The molecule has 11 nitrogen and oxygen atoms in total. The van der Waals surface area contributed by atoms with E-state index in [2.05, 4.69) is 20.1 Å². The Kier molecular flexibility index (Phi) is 8.39. The standard InChI is InChI=1S/C45H29N5O6S/c51-28-13-24(14-29(52)19-28)43-36-7-5-34(47-36)42(23-1-3-27(4-2-23)46-22-57)35-6-8-37(48-35)44(25-15-30(53)20-31(54)16-25)39-10-12-41(50-39)45(40-11-9-38(43)49-40)26-17-32(55)21-33(56)18-26/h1-21,47,50-56H. The summed E-state index contributed by atoms with van der Waals surface area (Å²) in [5.74, 6) is -0.885. The van der Waals surface area contributed by atoms with Crippen LogP contribution >= 0.6 is 12.2 Å². The summed E-state index contributed by atoms with van der Waals surface area (Å²) in [6.07, 6.45) is 7.36. The molecule has 8 bridgehead atoms. The number of fused-ring (bicyclic) bond motifs is 8. The number of aromatic hydroxyl groups is 6. The Morgan fingerprint density at radius 2 is 0.702 bits per heavy atom. The van der Waals surface area contributed by atoms with Crippen molar-refractivity contribution in [2.45, 2.75) is 0 Å². The number of benzene rings is 4. The van der Waals surface area contributed by atoms with Crippen molar-refractivity contribution in [3.63, 3.8) is 0 Å². The minimum atomic E-state index is -0.159. The minimum absolute atomic E-state index is 0.142. The maximum absolute atomic E-state index is 10.6. The number of isothiocyanates is 1. The largest absolute Gasteiger partial charge is 0.508 e. The predicted octanol–water partition coefficient (Wildman–Crippen LogP) is 10.3. The normalized spacial score (nSPS) is 11.8. The van der Waals surface area contributed by atoms with Crippen molar-refractivity contribution in [3.8, 4) is 79.0 Å². The summed E-state index contributed by atoms with van der Waals surface area (Å²) in [6, 6.07) is 27.9. The lowest BCUT2D eigenvalue weighted by molar-refractivity contribution is 0.450. The first-order valence-corrected chi connectivity index (χ1v) is 18.0. The van der Waals surface area contributed by atoms with Gasteiger partial charge in [0.15, 0.2) is 0 Å². The smallest absolute Gasteiger partial charge is 0.119 e. The van der Waals surface area contributed by atoms with E-state index in [0.29, 0.717) is 83.9 Å². The van der Waals surface area contributed by atoms with Gasteiger partial charge >= 0.3 is 0 Å². The van der Waals surface area contributed by atoms with Gasteiger partial charge in [-0.2, -0.15) is 4.99 Å². The van der Waals surface area contributed by atoms with Crippen LogP contribution in [0.3, 0.4) is 0 Å². The van der Waals surface area contributed by atoms with Crippen LogP contribution in [0.4, 0.5) is 5.69 Å². The Hall–Kier alpha value is -7.92. The van der Waals surface area contributed by atoms with Gasteiger partial charge < -0.3 is 40.6 Å². The quantitative estimate of drug-likeness (QED) is 0.0622. The molecule has 0 aliphatic carbocycles. The van der Waals surface area contributed by atoms with Gasteiger partial charge in [-0.3, -0.25) is 0 Å². The SMILES string of the molecule is Oc1cc(O)cc(-c2c3nc(c(-c4cc(O)cc(O)c4)c4ccc([nH]4)c(-c4cc(O)cc(O)c4)c4nc(c(-c5ccc(N=C=S)cc5)c5ccc2[nH]5)C=C4)C=C3)c1. The first-order chi connectivity index (χ1) is 27.6. The Balaban J connectivity index is 1.48. The molecule has 4 aromatic carbocycles. The molecule has 0 unspecified atom stereocenters. The van der Waals surface area contributed by atoms with Crippen molar-refractivity contribution in [2.24, 2.45) is 4.99 Å². The first-order valence-electron chi connectivity index (χ1n) is 17.5. The van der Waals surface area contributed by atoms with Gasteiger partial charge in [-0.1, -0.05) is 12.1 Å². The van der Waals surface area contributed by atoms with E-state index in [-0.39, 0.29) is 34.5 Å². The van der Waals surface area contributed by atoms with Gasteiger partial charge in [-0.05, 0) is 132 Å². The van der Waals surface area contributed by atoms with E-state index in [9.17, 15) is 30.6 Å². The number of hydrogen-bond donors (Lipinski definition) is 8. The van der Waals surface area contributed by atoms with Crippen molar-refractivity contribution < 1.29 is 30.6 Å². The molecular weight excluding hydrogens is 739 g/mol. The zero-order chi connectivity index (χ0) is 39.4. The van der Waals surface area contributed by atoms with E-state index >= 15 is 0 Å². The zero-order valence-corrected chi connectivity index (χ0v) is 30.4. The van der Waals surface area contributed by atoms with Gasteiger partial charge in [-0.25, -0.2) is 9.97 Å². The summed E-state index contributed by atoms with van der Waals surface area (Å²) in [4.78, 5) is 21.4. The second-order valence-corrected chi connectivity index (χ2v) is 13.6. The maximum atomic E-state index is 10.6. The Labute approximate surface area is 328 Å². The molecule has 57 heavy (non-hydrogen) atoms. The second-order valence-electron chi connectivity index (χ2n) is 13.5.